The minimum absolute atomic E-state index is 0.520. The molecule has 2 nitrogen and oxygen atoms in total. The number of hydrogen-bond acceptors (Lipinski definition) is 2. The average Bonchev–Trinajstić information content (AvgIpc) is 2.86. The maximum absolute atomic E-state index is 3.56. The number of hydrogen-bond donors (Lipinski definition) is 1. The first-order chi connectivity index (χ1) is 9.33. The van der Waals surface area contributed by atoms with E-state index in [0.29, 0.717) is 12.1 Å². The quantitative estimate of drug-likeness (QED) is 0.896. The lowest BCUT2D eigenvalue weighted by atomic mass is 9.93. The fourth-order valence-corrected chi connectivity index (χ4v) is 3.99. The van der Waals surface area contributed by atoms with Crippen molar-refractivity contribution in [3.8, 4) is 0 Å². The standard InChI is InChI=1S/C17H26N2/c1-3-13-7-6-10-19(12-13)16-11-14-8-4-5-9-15(14)17(16)18-2/h4-5,8-9,13,16-18H,3,6-7,10-12H2,1-2H3. The van der Waals surface area contributed by atoms with Crippen LogP contribution in [0.1, 0.15) is 43.4 Å². The molecule has 0 saturated carbocycles. The van der Waals surface area contributed by atoms with Crippen molar-refractivity contribution in [2.24, 2.45) is 5.92 Å². The molecule has 1 fully saturated rings. The Morgan fingerprint density at radius 1 is 1.32 bits per heavy atom. The number of piperidine rings is 1. The molecule has 1 aromatic rings. The van der Waals surface area contributed by atoms with Crippen molar-refractivity contribution in [2.75, 3.05) is 20.1 Å². The number of nitrogens with zero attached hydrogens (tertiary/aromatic N) is 1. The molecule has 19 heavy (non-hydrogen) atoms. The van der Waals surface area contributed by atoms with Gasteiger partial charge in [0, 0.05) is 18.6 Å². The normalized spacial score (nSPS) is 31.4. The molecule has 3 rings (SSSR count). The van der Waals surface area contributed by atoms with Crippen LogP contribution in [-0.4, -0.2) is 31.1 Å². The van der Waals surface area contributed by atoms with E-state index in [-0.39, 0.29) is 0 Å². The zero-order valence-electron chi connectivity index (χ0n) is 12.2. The zero-order valence-corrected chi connectivity index (χ0v) is 12.2. The van der Waals surface area contributed by atoms with Gasteiger partial charge < -0.3 is 5.32 Å². The Balaban J connectivity index is 1.79. The van der Waals surface area contributed by atoms with Crippen molar-refractivity contribution >= 4 is 0 Å². The van der Waals surface area contributed by atoms with Gasteiger partial charge in [0.05, 0.1) is 0 Å². The number of likely N-dealkylation sites (tertiary alicyclic amines) is 1. The van der Waals surface area contributed by atoms with Crippen LogP contribution in [0.3, 0.4) is 0 Å². The predicted molar refractivity (Wildman–Crippen MR) is 80.3 cm³/mol. The van der Waals surface area contributed by atoms with Crippen molar-refractivity contribution < 1.29 is 0 Å². The smallest absolute Gasteiger partial charge is 0.0481 e. The van der Waals surface area contributed by atoms with E-state index in [0.717, 1.165) is 5.92 Å². The van der Waals surface area contributed by atoms with Gasteiger partial charge in [-0.1, -0.05) is 37.6 Å². The molecule has 2 aliphatic rings. The van der Waals surface area contributed by atoms with Crippen molar-refractivity contribution in [3.05, 3.63) is 35.4 Å². The Kier molecular flexibility index (Phi) is 3.90. The predicted octanol–water partition coefficient (Wildman–Crippen LogP) is 2.99. The molecule has 104 valence electrons. The summed E-state index contributed by atoms with van der Waals surface area (Å²) in [5.74, 6) is 0.912. The van der Waals surface area contributed by atoms with Crippen LogP contribution < -0.4 is 5.32 Å². The van der Waals surface area contributed by atoms with Crippen LogP contribution in [0.15, 0.2) is 24.3 Å². The molecular weight excluding hydrogens is 232 g/mol. The summed E-state index contributed by atoms with van der Waals surface area (Å²) >= 11 is 0. The summed E-state index contributed by atoms with van der Waals surface area (Å²) < 4.78 is 0. The van der Waals surface area contributed by atoms with E-state index in [9.17, 15) is 0 Å². The molecule has 1 saturated heterocycles. The van der Waals surface area contributed by atoms with Crippen molar-refractivity contribution in [1.29, 1.82) is 0 Å². The number of benzene rings is 1. The second kappa shape index (κ2) is 5.64. The molecule has 1 aliphatic carbocycles. The monoisotopic (exact) mass is 258 g/mol. The van der Waals surface area contributed by atoms with Crippen molar-refractivity contribution in [2.45, 2.75) is 44.7 Å². The number of rotatable bonds is 3. The van der Waals surface area contributed by atoms with Gasteiger partial charge in [-0.3, -0.25) is 4.90 Å². The Hall–Kier alpha value is -0.860. The summed E-state index contributed by atoms with van der Waals surface area (Å²) in [6.45, 7) is 4.92. The fourth-order valence-electron chi connectivity index (χ4n) is 3.99. The van der Waals surface area contributed by atoms with Gasteiger partial charge in [0.25, 0.3) is 0 Å². The molecule has 0 aromatic heterocycles. The SMILES string of the molecule is CCC1CCCN(C2Cc3ccccc3C2NC)C1. The molecule has 0 bridgehead atoms. The highest BCUT2D eigenvalue weighted by Crippen LogP contribution is 2.36. The number of nitrogens with one attached hydrogen (secondary N) is 1. The van der Waals surface area contributed by atoms with E-state index in [1.807, 2.05) is 0 Å². The van der Waals surface area contributed by atoms with E-state index in [1.165, 1.54) is 44.3 Å². The highest BCUT2D eigenvalue weighted by molar-refractivity contribution is 5.37. The molecule has 1 aliphatic heterocycles. The molecule has 1 aromatic carbocycles. The van der Waals surface area contributed by atoms with Gasteiger partial charge in [0.15, 0.2) is 0 Å². The Morgan fingerprint density at radius 3 is 2.95 bits per heavy atom. The maximum Gasteiger partial charge on any atom is 0.0481 e. The van der Waals surface area contributed by atoms with Crippen LogP contribution in [-0.2, 0) is 6.42 Å². The molecule has 3 unspecified atom stereocenters. The van der Waals surface area contributed by atoms with E-state index < -0.39 is 0 Å². The molecule has 2 heteroatoms. The molecule has 0 radical (unpaired) electrons. The third-order valence-electron chi connectivity index (χ3n) is 5.11. The Labute approximate surface area is 117 Å². The Bertz CT molecular complexity index is 429. The van der Waals surface area contributed by atoms with E-state index in [4.69, 9.17) is 0 Å². The van der Waals surface area contributed by atoms with Crippen LogP contribution >= 0.6 is 0 Å². The first-order valence-electron chi connectivity index (χ1n) is 7.82. The topological polar surface area (TPSA) is 15.3 Å². The fraction of sp³-hybridized carbons (Fsp3) is 0.647. The molecule has 0 spiro atoms. The van der Waals surface area contributed by atoms with Crippen LogP contribution in [0.5, 0.6) is 0 Å². The van der Waals surface area contributed by atoms with Gasteiger partial charge in [-0.2, -0.15) is 0 Å². The van der Waals surface area contributed by atoms with E-state index in [1.54, 1.807) is 5.56 Å². The van der Waals surface area contributed by atoms with Crippen LogP contribution in [0.4, 0.5) is 0 Å². The lowest BCUT2D eigenvalue weighted by Crippen LogP contribution is -2.47. The van der Waals surface area contributed by atoms with Gasteiger partial charge in [0.1, 0.15) is 0 Å². The summed E-state index contributed by atoms with van der Waals surface area (Å²) in [7, 11) is 2.11. The van der Waals surface area contributed by atoms with Gasteiger partial charge >= 0.3 is 0 Å². The molecular formula is C17H26N2. The van der Waals surface area contributed by atoms with E-state index >= 15 is 0 Å². The number of fused-ring (bicyclic) bond motifs is 1. The summed E-state index contributed by atoms with van der Waals surface area (Å²) in [5.41, 5.74) is 3.07. The van der Waals surface area contributed by atoms with Gasteiger partial charge in [0.2, 0.25) is 0 Å². The summed E-state index contributed by atoms with van der Waals surface area (Å²) in [6.07, 6.45) is 5.36. The van der Waals surface area contributed by atoms with Crippen molar-refractivity contribution in [3.63, 3.8) is 0 Å². The molecule has 1 heterocycles. The minimum atomic E-state index is 0.520. The highest BCUT2D eigenvalue weighted by atomic mass is 15.2. The van der Waals surface area contributed by atoms with Gasteiger partial charge in [-0.05, 0) is 49.9 Å². The lowest BCUT2D eigenvalue weighted by molar-refractivity contribution is 0.105. The van der Waals surface area contributed by atoms with Crippen LogP contribution in [0.2, 0.25) is 0 Å². The van der Waals surface area contributed by atoms with Gasteiger partial charge in [-0.15, -0.1) is 0 Å². The summed E-state index contributed by atoms with van der Waals surface area (Å²) in [5, 5.41) is 3.56. The first kappa shape index (κ1) is 13.1. The summed E-state index contributed by atoms with van der Waals surface area (Å²) in [4.78, 5) is 2.75. The largest absolute Gasteiger partial charge is 0.312 e. The van der Waals surface area contributed by atoms with Gasteiger partial charge in [-0.25, -0.2) is 0 Å². The Morgan fingerprint density at radius 2 is 2.16 bits per heavy atom. The average molecular weight is 258 g/mol. The molecule has 0 amide bonds. The van der Waals surface area contributed by atoms with Crippen LogP contribution in [0, 0.1) is 5.92 Å². The third-order valence-corrected chi connectivity index (χ3v) is 5.11. The van der Waals surface area contributed by atoms with Crippen LogP contribution in [0.25, 0.3) is 0 Å². The maximum atomic E-state index is 3.56. The lowest BCUT2D eigenvalue weighted by Gasteiger charge is -2.39. The second-order valence-electron chi connectivity index (χ2n) is 6.15. The minimum Gasteiger partial charge on any atom is -0.312 e. The second-order valence-corrected chi connectivity index (χ2v) is 6.15. The van der Waals surface area contributed by atoms with Crippen molar-refractivity contribution in [1.82, 2.24) is 10.2 Å². The summed E-state index contributed by atoms with van der Waals surface area (Å²) in [6, 6.07) is 10.2. The third kappa shape index (κ3) is 2.44. The number of likely N-dealkylation sites (N-methyl/N-ethyl adjacent to an activating group) is 1. The highest BCUT2D eigenvalue weighted by Gasteiger charge is 2.36. The molecule has 1 N–H and O–H groups in total. The molecule has 3 atom stereocenters. The van der Waals surface area contributed by atoms with E-state index in [2.05, 4.69) is 48.5 Å². The zero-order chi connectivity index (χ0) is 13.2. The first-order valence-corrected chi connectivity index (χ1v) is 7.82.